The standard InChI is InChI=1S/C8H7FN4S.ClH/c9-6-4-2-1-3-5(6)7-12-13-8(11-10)14-7;/h1-4H,10H2,(H,11,13);1H. The molecule has 4 nitrogen and oxygen atoms in total. The number of nitrogens with two attached hydrogens (primary N) is 1. The van der Waals surface area contributed by atoms with Gasteiger partial charge in [0.25, 0.3) is 0 Å². The van der Waals surface area contributed by atoms with Gasteiger partial charge in [-0.1, -0.05) is 23.5 Å². The van der Waals surface area contributed by atoms with Crippen molar-refractivity contribution in [1.82, 2.24) is 10.2 Å². The van der Waals surface area contributed by atoms with E-state index in [9.17, 15) is 4.39 Å². The zero-order chi connectivity index (χ0) is 9.97. The fraction of sp³-hybridized carbons (Fsp3) is 0. The number of rotatable bonds is 2. The molecule has 1 aromatic heterocycles. The van der Waals surface area contributed by atoms with E-state index in [1.54, 1.807) is 18.2 Å². The normalized spacial score (nSPS) is 9.47. The van der Waals surface area contributed by atoms with Crippen molar-refractivity contribution >= 4 is 28.9 Å². The van der Waals surface area contributed by atoms with Crippen LogP contribution in [0.2, 0.25) is 0 Å². The molecule has 80 valence electrons. The minimum absolute atomic E-state index is 0. The highest BCUT2D eigenvalue weighted by Crippen LogP contribution is 2.27. The molecule has 2 rings (SSSR count). The van der Waals surface area contributed by atoms with Gasteiger partial charge in [-0.2, -0.15) is 0 Å². The summed E-state index contributed by atoms with van der Waals surface area (Å²) in [6.07, 6.45) is 0. The summed E-state index contributed by atoms with van der Waals surface area (Å²) < 4.78 is 13.3. The Hall–Kier alpha value is -1.24. The van der Waals surface area contributed by atoms with Gasteiger partial charge in [-0.15, -0.1) is 22.6 Å². The average Bonchev–Trinajstić information content (AvgIpc) is 2.67. The lowest BCUT2D eigenvalue weighted by Gasteiger charge is -1.95. The molecule has 0 bridgehead atoms. The molecule has 1 heterocycles. The Balaban J connectivity index is 0.00000112. The predicted molar refractivity (Wildman–Crippen MR) is 60.4 cm³/mol. The van der Waals surface area contributed by atoms with Crippen LogP contribution in [-0.4, -0.2) is 10.2 Å². The number of benzene rings is 1. The van der Waals surface area contributed by atoms with E-state index in [-0.39, 0.29) is 18.2 Å². The van der Waals surface area contributed by atoms with Crippen molar-refractivity contribution in [3.63, 3.8) is 0 Å². The Bertz CT molecular complexity index is 448. The molecule has 0 aliphatic carbocycles. The zero-order valence-electron chi connectivity index (χ0n) is 7.48. The summed E-state index contributed by atoms with van der Waals surface area (Å²) in [4.78, 5) is 0. The number of aromatic nitrogens is 2. The summed E-state index contributed by atoms with van der Waals surface area (Å²) in [5, 5.41) is 8.49. The average molecular weight is 247 g/mol. The maximum absolute atomic E-state index is 13.3. The predicted octanol–water partition coefficient (Wildman–Crippen LogP) is 2.05. The number of anilines is 1. The van der Waals surface area contributed by atoms with Gasteiger partial charge in [0.15, 0.2) is 5.01 Å². The van der Waals surface area contributed by atoms with Crippen LogP contribution < -0.4 is 11.3 Å². The van der Waals surface area contributed by atoms with Gasteiger partial charge in [0.1, 0.15) is 5.82 Å². The third kappa shape index (κ3) is 2.41. The van der Waals surface area contributed by atoms with Crippen LogP contribution in [-0.2, 0) is 0 Å². The van der Waals surface area contributed by atoms with E-state index in [2.05, 4.69) is 15.6 Å². The zero-order valence-corrected chi connectivity index (χ0v) is 9.11. The first-order chi connectivity index (χ1) is 6.81. The molecule has 15 heavy (non-hydrogen) atoms. The molecule has 0 radical (unpaired) electrons. The molecule has 0 amide bonds. The highest BCUT2D eigenvalue weighted by molar-refractivity contribution is 7.18. The first-order valence-corrected chi connectivity index (χ1v) is 4.68. The molecule has 0 aliphatic rings. The molecule has 2 aromatic rings. The van der Waals surface area contributed by atoms with E-state index in [1.807, 2.05) is 0 Å². The van der Waals surface area contributed by atoms with Crippen molar-refractivity contribution in [2.75, 3.05) is 5.43 Å². The maximum Gasteiger partial charge on any atom is 0.220 e. The van der Waals surface area contributed by atoms with Gasteiger partial charge >= 0.3 is 0 Å². The van der Waals surface area contributed by atoms with E-state index in [1.165, 1.54) is 17.4 Å². The van der Waals surface area contributed by atoms with Crippen LogP contribution in [0.25, 0.3) is 10.6 Å². The number of hydrogen-bond acceptors (Lipinski definition) is 5. The Morgan fingerprint density at radius 3 is 2.60 bits per heavy atom. The van der Waals surface area contributed by atoms with Gasteiger partial charge in [0.05, 0.1) is 0 Å². The fourth-order valence-corrected chi connectivity index (χ4v) is 1.71. The van der Waals surface area contributed by atoms with Crippen LogP contribution in [0.1, 0.15) is 0 Å². The van der Waals surface area contributed by atoms with Gasteiger partial charge < -0.3 is 0 Å². The van der Waals surface area contributed by atoms with Crippen LogP contribution in [0.15, 0.2) is 24.3 Å². The first kappa shape index (κ1) is 11.8. The molecular weight excluding hydrogens is 239 g/mol. The number of halogens is 2. The van der Waals surface area contributed by atoms with E-state index in [0.29, 0.717) is 15.7 Å². The Kier molecular flexibility index (Phi) is 3.96. The summed E-state index contributed by atoms with van der Waals surface area (Å²) in [6, 6.07) is 6.40. The van der Waals surface area contributed by atoms with Crippen LogP contribution in [0.5, 0.6) is 0 Å². The SMILES string of the molecule is Cl.NNc1nnc(-c2ccccc2F)s1. The molecule has 7 heteroatoms. The van der Waals surface area contributed by atoms with Gasteiger partial charge in [-0.3, -0.25) is 5.43 Å². The highest BCUT2D eigenvalue weighted by atomic mass is 35.5. The third-order valence-electron chi connectivity index (χ3n) is 1.65. The summed E-state index contributed by atoms with van der Waals surface area (Å²) in [5.74, 6) is 4.83. The van der Waals surface area contributed by atoms with Gasteiger partial charge in [-0.25, -0.2) is 10.2 Å². The molecule has 3 N–H and O–H groups in total. The maximum atomic E-state index is 13.3. The summed E-state index contributed by atoms with van der Waals surface area (Å²) >= 11 is 1.20. The second kappa shape index (κ2) is 5.01. The Morgan fingerprint density at radius 1 is 1.27 bits per heavy atom. The van der Waals surface area contributed by atoms with Crippen molar-refractivity contribution < 1.29 is 4.39 Å². The molecular formula is C8H8ClFN4S. The molecule has 0 unspecified atom stereocenters. The molecule has 0 atom stereocenters. The van der Waals surface area contributed by atoms with Gasteiger partial charge in [0, 0.05) is 5.56 Å². The number of nitrogens with one attached hydrogen (secondary N) is 1. The number of nitrogen functional groups attached to an aromatic ring is 1. The summed E-state index contributed by atoms with van der Waals surface area (Å²) in [5.41, 5.74) is 2.80. The number of hydrazine groups is 1. The molecule has 0 saturated heterocycles. The third-order valence-corrected chi connectivity index (χ3v) is 2.54. The van der Waals surface area contributed by atoms with Crippen molar-refractivity contribution in [2.24, 2.45) is 5.84 Å². The van der Waals surface area contributed by atoms with Crippen molar-refractivity contribution in [3.05, 3.63) is 30.1 Å². The minimum atomic E-state index is -0.313. The van der Waals surface area contributed by atoms with Gasteiger partial charge in [0.2, 0.25) is 5.13 Å². The van der Waals surface area contributed by atoms with Crippen molar-refractivity contribution in [2.45, 2.75) is 0 Å². The van der Waals surface area contributed by atoms with Gasteiger partial charge in [-0.05, 0) is 12.1 Å². The molecule has 0 fully saturated rings. The fourth-order valence-electron chi connectivity index (χ4n) is 1.03. The van der Waals surface area contributed by atoms with Crippen LogP contribution in [0, 0.1) is 5.82 Å². The Morgan fingerprint density at radius 2 is 2.00 bits per heavy atom. The number of hydrogen-bond donors (Lipinski definition) is 2. The lowest BCUT2D eigenvalue weighted by Crippen LogP contribution is -2.05. The van der Waals surface area contributed by atoms with E-state index < -0.39 is 0 Å². The minimum Gasteiger partial charge on any atom is -0.298 e. The molecule has 1 aromatic carbocycles. The largest absolute Gasteiger partial charge is 0.298 e. The topological polar surface area (TPSA) is 63.8 Å². The molecule has 0 aliphatic heterocycles. The second-order valence-electron chi connectivity index (χ2n) is 2.54. The number of nitrogens with zero attached hydrogens (tertiary/aromatic N) is 2. The van der Waals surface area contributed by atoms with Crippen molar-refractivity contribution in [3.8, 4) is 10.6 Å². The monoisotopic (exact) mass is 246 g/mol. The first-order valence-electron chi connectivity index (χ1n) is 3.86. The summed E-state index contributed by atoms with van der Waals surface area (Å²) in [6.45, 7) is 0. The Labute approximate surface area is 95.7 Å². The smallest absolute Gasteiger partial charge is 0.220 e. The van der Waals surface area contributed by atoms with E-state index in [0.717, 1.165) is 0 Å². The van der Waals surface area contributed by atoms with E-state index in [4.69, 9.17) is 5.84 Å². The lowest BCUT2D eigenvalue weighted by atomic mass is 10.2. The van der Waals surface area contributed by atoms with Crippen LogP contribution in [0.4, 0.5) is 9.52 Å². The quantitative estimate of drug-likeness (QED) is 0.629. The summed E-state index contributed by atoms with van der Waals surface area (Å²) in [7, 11) is 0. The highest BCUT2D eigenvalue weighted by Gasteiger charge is 2.09. The molecule has 0 spiro atoms. The second-order valence-corrected chi connectivity index (χ2v) is 3.51. The lowest BCUT2D eigenvalue weighted by molar-refractivity contribution is 0.631. The van der Waals surface area contributed by atoms with Crippen LogP contribution >= 0.6 is 23.7 Å². The van der Waals surface area contributed by atoms with Crippen molar-refractivity contribution in [1.29, 1.82) is 0 Å². The molecule has 0 saturated carbocycles. The van der Waals surface area contributed by atoms with E-state index >= 15 is 0 Å². The van der Waals surface area contributed by atoms with Crippen LogP contribution in [0.3, 0.4) is 0 Å².